The van der Waals surface area contributed by atoms with E-state index in [1.54, 1.807) is 19.1 Å². The Kier molecular flexibility index (Phi) is 8.76. The highest BCUT2D eigenvalue weighted by atomic mass is 16.6. The summed E-state index contributed by atoms with van der Waals surface area (Å²) in [6.07, 6.45) is -0.570. The predicted octanol–water partition coefficient (Wildman–Crippen LogP) is 1.29. The van der Waals surface area contributed by atoms with Crippen LogP contribution in [0.1, 0.15) is 29.5 Å². The van der Waals surface area contributed by atoms with Gasteiger partial charge in [-0.2, -0.15) is 0 Å². The number of aliphatic hydroxyl groups is 2. The van der Waals surface area contributed by atoms with Gasteiger partial charge < -0.3 is 40.3 Å². The van der Waals surface area contributed by atoms with Crippen LogP contribution in [0.25, 0.3) is 12.2 Å². The summed E-state index contributed by atoms with van der Waals surface area (Å²) < 4.78 is 10.7. The molecule has 0 bridgehead atoms. The summed E-state index contributed by atoms with van der Waals surface area (Å²) in [6.45, 7) is 1.71. The lowest BCUT2D eigenvalue weighted by Gasteiger charge is -2.41. The first-order valence-corrected chi connectivity index (χ1v) is 11.6. The lowest BCUT2D eigenvalue weighted by molar-refractivity contribution is -0.198. The molecule has 0 aromatic heterocycles. The maximum Gasteiger partial charge on any atom is 0.331 e. The van der Waals surface area contributed by atoms with E-state index in [1.165, 1.54) is 43.5 Å². The molecule has 202 valence electrons. The van der Waals surface area contributed by atoms with Crippen LogP contribution < -0.4 is 5.32 Å². The Morgan fingerprint density at radius 2 is 1.47 bits per heavy atom. The van der Waals surface area contributed by atoms with Gasteiger partial charge in [-0.3, -0.25) is 4.79 Å². The minimum absolute atomic E-state index is 0.0362. The van der Waals surface area contributed by atoms with Crippen LogP contribution in [0, 0.1) is 6.92 Å². The number of ether oxygens (including phenoxy) is 2. The molecule has 1 aliphatic rings. The molecule has 11 nitrogen and oxygen atoms in total. The van der Waals surface area contributed by atoms with E-state index in [4.69, 9.17) is 9.47 Å². The van der Waals surface area contributed by atoms with Gasteiger partial charge >= 0.3 is 11.9 Å². The van der Waals surface area contributed by atoms with Gasteiger partial charge in [-0.05, 0) is 54.0 Å². The number of phenols is 3. The standard InChI is InChI=1S/C27H29NO10/c1-15-3-4-16(11-19(15)30)6-9-23(33)37-22-14-27(36,26(35)28-2)13-21(32)25(22)38-24(34)10-7-17-5-8-18(29)20(31)12-17/h3-12,21-22,25,29-32,36H,13-14H2,1-2H3,(H,28,35)/b9-6+,10-7+/t21-,22-,25-,27+/m1/s1. The molecule has 2 aromatic carbocycles. The van der Waals surface area contributed by atoms with Gasteiger partial charge in [0.1, 0.15) is 17.5 Å². The number of likely N-dealkylation sites (N-methyl/N-ethyl adjacent to an activating group) is 1. The van der Waals surface area contributed by atoms with E-state index in [0.29, 0.717) is 16.7 Å². The van der Waals surface area contributed by atoms with Crippen molar-refractivity contribution in [2.75, 3.05) is 7.05 Å². The van der Waals surface area contributed by atoms with Crippen molar-refractivity contribution in [2.45, 2.75) is 43.7 Å². The molecule has 38 heavy (non-hydrogen) atoms. The molecule has 0 aliphatic heterocycles. The summed E-state index contributed by atoms with van der Waals surface area (Å²) in [5.41, 5.74) is -0.571. The maximum absolute atomic E-state index is 12.6. The number of nitrogens with one attached hydrogen (secondary N) is 1. The van der Waals surface area contributed by atoms with Crippen molar-refractivity contribution >= 4 is 30.0 Å². The van der Waals surface area contributed by atoms with Crippen LogP contribution in [0.15, 0.2) is 48.6 Å². The second-order valence-electron chi connectivity index (χ2n) is 8.92. The first-order valence-electron chi connectivity index (χ1n) is 11.6. The van der Waals surface area contributed by atoms with Crippen molar-refractivity contribution in [3.63, 3.8) is 0 Å². The number of hydrogen-bond acceptors (Lipinski definition) is 10. The topological polar surface area (TPSA) is 183 Å². The number of aryl methyl sites for hydroxylation is 1. The summed E-state index contributed by atoms with van der Waals surface area (Å²) in [4.78, 5) is 37.3. The van der Waals surface area contributed by atoms with Crippen LogP contribution in [0.3, 0.4) is 0 Å². The fourth-order valence-corrected chi connectivity index (χ4v) is 3.99. The summed E-state index contributed by atoms with van der Waals surface area (Å²) in [5, 5.41) is 52.6. The monoisotopic (exact) mass is 527 g/mol. The molecule has 2 aromatic rings. The highest BCUT2D eigenvalue weighted by Crippen LogP contribution is 2.33. The van der Waals surface area contributed by atoms with Gasteiger partial charge in [0.15, 0.2) is 17.6 Å². The molecule has 1 aliphatic carbocycles. The Hall–Kier alpha value is -4.35. The van der Waals surface area contributed by atoms with Crippen molar-refractivity contribution in [1.82, 2.24) is 5.32 Å². The molecule has 4 atom stereocenters. The zero-order valence-electron chi connectivity index (χ0n) is 20.7. The van der Waals surface area contributed by atoms with Gasteiger partial charge in [0.05, 0.1) is 6.10 Å². The van der Waals surface area contributed by atoms with Crippen molar-refractivity contribution in [1.29, 1.82) is 0 Å². The molecule has 1 amide bonds. The fourth-order valence-electron chi connectivity index (χ4n) is 3.99. The van der Waals surface area contributed by atoms with Crippen molar-refractivity contribution in [3.8, 4) is 17.2 Å². The molecule has 0 radical (unpaired) electrons. The van der Waals surface area contributed by atoms with Crippen molar-refractivity contribution in [2.24, 2.45) is 0 Å². The molecule has 11 heteroatoms. The van der Waals surface area contributed by atoms with E-state index in [9.17, 15) is 39.9 Å². The smallest absolute Gasteiger partial charge is 0.331 e. The van der Waals surface area contributed by atoms with E-state index in [2.05, 4.69) is 5.32 Å². The largest absolute Gasteiger partial charge is 0.508 e. The number of rotatable bonds is 7. The molecule has 3 rings (SSSR count). The molecule has 1 saturated carbocycles. The zero-order chi connectivity index (χ0) is 28.0. The summed E-state index contributed by atoms with van der Waals surface area (Å²) in [6, 6.07) is 8.64. The number of carbonyl (C=O) groups is 3. The number of hydrogen-bond donors (Lipinski definition) is 6. The van der Waals surface area contributed by atoms with E-state index < -0.39 is 60.3 Å². The summed E-state index contributed by atoms with van der Waals surface area (Å²) >= 11 is 0. The Labute approximate surface area is 218 Å². The third kappa shape index (κ3) is 6.90. The van der Waals surface area contributed by atoms with Crippen molar-refractivity contribution < 1.29 is 49.4 Å². The van der Waals surface area contributed by atoms with Gasteiger partial charge in [-0.15, -0.1) is 0 Å². The third-order valence-corrected chi connectivity index (χ3v) is 6.06. The van der Waals surface area contributed by atoms with Gasteiger partial charge in [0, 0.05) is 32.0 Å². The first-order chi connectivity index (χ1) is 17.9. The van der Waals surface area contributed by atoms with E-state index in [0.717, 1.165) is 12.2 Å². The molecule has 0 unspecified atom stereocenters. The van der Waals surface area contributed by atoms with Gasteiger partial charge in [-0.25, -0.2) is 9.59 Å². The highest BCUT2D eigenvalue weighted by Gasteiger charge is 2.51. The molecule has 6 N–H and O–H groups in total. The lowest BCUT2D eigenvalue weighted by atomic mass is 9.78. The Balaban J connectivity index is 1.77. The number of amides is 1. The normalized spacial score (nSPS) is 23.3. The van der Waals surface area contributed by atoms with Crippen LogP contribution in [0.2, 0.25) is 0 Å². The SMILES string of the molecule is CNC(=O)[C@]1(O)C[C@@H](O)[C@@H](OC(=O)/C=C/c2ccc(O)c(O)c2)[C@H](OC(=O)/C=C/c2ccc(C)c(O)c2)C1. The Bertz CT molecular complexity index is 1270. The number of aromatic hydroxyl groups is 3. The van der Waals surface area contributed by atoms with E-state index in [1.807, 2.05) is 0 Å². The van der Waals surface area contributed by atoms with E-state index in [-0.39, 0.29) is 11.5 Å². The molecule has 0 spiro atoms. The highest BCUT2D eigenvalue weighted by molar-refractivity contribution is 5.89. The minimum Gasteiger partial charge on any atom is -0.508 e. The summed E-state index contributed by atoms with van der Waals surface area (Å²) in [7, 11) is 1.30. The Morgan fingerprint density at radius 3 is 2.05 bits per heavy atom. The summed E-state index contributed by atoms with van der Waals surface area (Å²) in [5.74, 6) is -3.33. The molecule has 0 heterocycles. The lowest BCUT2D eigenvalue weighted by Crippen LogP contribution is -2.60. The van der Waals surface area contributed by atoms with Crippen LogP contribution >= 0.6 is 0 Å². The van der Waals surface area contributed by atoms with Crippen LogP contribution in [-0.4, -0.2) is 74.3 Å². The molecular formula is C27H29NO10. The molecule has 1 fully saturated rings. The van der Waals surface area contributed by atoms with Crippen LogP contribution in [0.4, 0.5) is 0 Å². The third-order valence-electron chi connectivity index (χ3n) is 6.06. The number of phenolic OH excluding ortho intramolecular Hbond substituents is 3. The molecular weight excluding hydrogens is 498 g/mol. The fraction of sp³-hybridized carbons (Fsp3) is 0.296. The van der Waals surface area contributed by atoms with Gasteiger partial charge in [0.2, 0.25) is 0 Å². The number of benzene rings is 2. The second kappa shape index (κ2) is 11.8. The van der Waals surface area contributed by atoms with E-state index >= 15 is 0 Å². The van der Waals surface area contributed by atoms with Crippen LogP contribution in [-0.2, 0) is 23.9 Å². The average Bonchev–Trinajstić information content (AvgIpc) is 2.87. The van der Waals surface area contributed by atoms with Crippen LogP contribution in [0.5, 0.6) is 17.2 Å². The zero-order valence-corrected chi connectivity index (χ0v) is 20.7. The molecule has 0 saturated heterocycles. The number of carbonyl (C=O) groups excluding carboxylic acids is 3. The Morgan fingerprint density at radius 1 is 0.895 bits per heavy atom. The number of esters is 2. The maximum atomic E-state index is 12.6. The van der Waals surface area contributed by atoms with Crippen molar-refractivity contribution in [3.05, 3.63) is 65.2 Å². The number of aliphatic hydroxyl groups excluding tert-OH is 1. The first kappa shape index (κ1) is 28.2. The minimum atomic E-state index is -2.09. The predicted molar refractivity (Wildman–Crippen MR) is 135 cm³/mol. The second-order valence-corrected chi connectivity index (χ2v) is 8.92. The average molecular weight is 528 g/mol. The van der Waals surface area contributed by atoms with Gasteiger partial charge in [0.25, 0.3) is 5.91 Å². The quantitative estimate of drug-likeness (QED) is 0.174. The van der Waals surface area contributed by atoms with Gasteiger partial charge in [-0.1, -0.05) is 18.2 Å².